The minimum absolute atomic E-state index is 0.878. The first-order valence-electron chi connectivity index (χ1n) is 8.93. The third-order valence-corrected chi connectivity index (χ3v) is 20.0. The molecule has 22 heavy (non-hydrogen) atoms. The summed E-state index contributed by atoms with van der Waals surface area (Å²) in [6.45, 7) is 6.93. The molecule has 4 nitrogen and oxygen atoms in total. The summed E-state index contributed by atoms with van der Waals surface area (Å²) >= 11 is -2.46. The standard InChI is InChI=1S/C5H3N4.3C4H9.Sn/c1-2-6-8-5-4(1)3-7-9-5;3*1-3-4-2;/h1-2H,(H,7,8,9);3*1,3-4H2,2H3;. The first kappa shape index (κ1) is 17.7. The van der Waals surface area contributed by atoms with E-state index in [4.69, 9.17) is 5.10 Å². The fraction of sp³-hybridized carbons (Fsp3) is 0.706. The SMILES string of the molecule is CCC[CH2][Sn]([CH2]CCC)([CH2]CCC)[c]1n[nH]c2nnccc12. The molecular formula is C17H30N4Sn. The topological polar surface area (TPSA) is 54.5 Å². The molecule has 2 aromatic rings. The predicted octanol–water partition coefficient (Wildman–Crippen LogP) is 4.41. The van der Waals surface area contributed by atoms with E-state index in [1.165, 1.54) is 60.9 Å². The Morgan fingerprint density at radius 2 is 1.55 bits per heavy atom. The van der Waals surface area contributed by atoms with Gasteiger partial charge in [0, 0.05) is 0 Å². The van der Waals surface area contributed by atoms with Gasteiger partial charge in [0.2, 0.25) is 0 Å². The summed E-state index contributed by atoms with van der Waals surface area (Å²) in [6.07, 6.45) is 9.76. The second-order valence-corrected chi connectivity index (χ2v) is 19.4. The zero-order valence-electron chi connectivity index (χ0n) is 14.4. The Kier molecular flexibility index (Phi) is 7.12. The Labute approximate surface area is 138 Å². The van der Waals surface area contributed by atoms with Gasteiger partial charge in [-0.25, -0.2) is 0 Å². The molecule has 0 saturated heterocycles. The quantitative estimate of drug-likeness (QED) is 0.592. The van der Waals surface area contributed by atoms with E-state index in [1.54, 1.807) is 0 Å². The van der Waals surface area contributed by atoms with E-state index in [2.05, 4.69) is 42.1 Å². The van der Waals surface area contributed by atoms with Crippen molar-refractivity contribution in [2.24, 2.45) is 0 Å². The molecule has 0 aliphatic carbocycles. The average Bonchev–Trinajstić information content (AvgIpc) is 2.99. The first-order valence-corrected chi connectivity index (χ1v) is 16.4. The molecule has 0 amide bonds. The Morgan fingerprint density at radius 1 is 0.955 bits per heavy atom. The van der Waals surface area contributed by atoms with E-state index in [0.29, 0.717) is 0 Å². The summed E-state index contributed by atoms with van der Waals surface area (Å²) in [5, 5.41) is 17.4. The van der Waals surface area contributed by atoms with Crippen LogP contribution in [0.3, 0.4) is 0 Å². The van der Waals surface area contributed by atoms with E-state index in [9.17, 15) is 0 Å². The van der Waals surface area contributed by atoms with Crippen LogP contribution in [0.2, 0.25) is 13.3 Å². The number of aromatic nitrogens is 4. The zero-order valence-corrected chi connectivity index (χ0v) is 17.2. The average molecular weight is 409 g/mol. The number of hydrogen-bond donors (Lipinski definition) is 1. The number of fused-ring (bicyclic) bond motifs is 1. The summed E-state index contributed by atoms with van der Waals surface area (Å²) in [7, 11) is 0. The molecule has 2 aromatic heterocycles. The predicted molar refractivity (Wildman–Crippen MR) is 96.2 cm³/mol. The van der Waals surface area contributed by atoms with Crippen molar-refractivity contribution in [1.29, 1.82) is 0 Å². The van der Waals surface area contributed by atoms with Crippen molar-refractivity contribution in [2.45, 2.75) is 72.6 Å². The summed E-state index contributed by atoms with van der Waals surface area (Å²) in [5.74, 6) is 0. The van der Waals surface area contributed by atoms with Gasteiger partial charge in [0.1, 0.15) is 0 Å². The molecule has 2 rings (SSSR count). The molecule has 5 heteroatoms. The Balaban J connectivity index is 2.42. The summed E-state index contributed by atoms with van der Waals surface area (Å²) < 4.78 is 5.75. The van der Waals surface area contributed by atoms with Gasteiger partial charge in [-0.05, 0) is 0 Å². The third kappa shape index (κ3) is 4.00. The van der Waals surface area contributed by atoms with Crippen LogP contribution in [-0.4, -0.2) is 38.8 Å². The van der Waals surface area contributed by atoms with Crippen LogP contribution in [0.5, 0.6) is 0 Å². The fourth-order valence-electron chi connectivity index (χ4n) is 3.45. The number of nitrogens with zero attached hydrogens (tertiary/aromatic N) is 3. The number of aromatic amines is 1. The number of H-pyrrole nitrogens is 1. The molecule has 0 spiro atoms. The number of unbranched alkanes of at least 4 members (excludes halogenated alkanes) is 3. The van der Waals surface area contributed by atoms with Gasteiger partial charge in [0.25, 0.3) is 0 Å². The van der Waals surface area contributed by atoms with E-state index in [-0.39, 0.29) is 0 Å². The Morgan fingerprint density at radius 3 is 2.09 bits per heavy atom. The number of hydrogen-bond acceptors (Lipinski definition) is 3. The Bertz CT molecular complexity index is 545. The molecule has 0 unspecified atom stereocenters. The van der Waals surface area contributed by atoms with Crippen LogP contribution in [0.15, 0.2) is 12.3 Å². The van der Waals surface area contributed by atoms with Crippen molar-refractivity contribution in [3.63, 3.8) is 0 Å². The second kappa shape index (κ2) is 8.84. The van der Waals surface area contributed by atoms with Crippen molar-refractivity contribution in [2.75, 3.05) is 0 Å². The van der Waals surface area contributed by atoms with Gasteiger partial charge < -0.3 is 0 Å². The van der Waals surface area contributed by atoms with Crippen LogP contribution in [0.1, 0.15) is 59.3 Å². The van der Waals surface area contributed by atoms with Crippen molar-refractivity contribution < 1.29 is 0 Å². The Hall–Kier alpha value is -0.651. The molecule has 2 heterocycles. The molecule has 0 atom stereocenters. The van der Waals surface area contributed by atoms with Crippen LogP contribution >= 0.6 is 0 Å². The van der Waals surface area contributed by atoms with Crippen LogP contribution in [0, 0.1) is 0 Å². The molecule has 0 aliphatic rings. The third-order valence-electron chi connectivity index (χ3n) is 4.78. The van der Waals surface area contributed by atoms with E-state index in [0.717, 1.165) is 5.65 Å². The van der Waals surface area contributed by atoms with Crippen molar-refractivity contribution in [3.8, 4) is 0 Å². The van der Waals surface area contributed by atoms with Crippen LogP contribution < -0.4 is 3.71 Å². The molecule has 0 saturated carbocycles. The fourth-order valence-corrected chi connectivity index (χ4v) is 19.5. The maximum atomic E-state index is 4.79. The van der Waals surface area contributed by atoms with Gasteiger partial charge in [-0.1, -0.05) is 0 Å². The molecule has 0 bridgehead atoms. The minimum atomic E-state index is -2.46. The molecular weight excluding hydrogens is 379 g/mol. The van der Waals surface area contributed by atoms with Gasteiger partial charge in [-0.3, -0.25) is 0 Å². The van der Waals surface area contributed by atoms with Gasteiger partial charge in [0.05, 0.1) is 0 Å². The summed E-state index contributed by atoms with van der Waals surface area (Å²) in [4.78, 5) is 0. The molecule has 0 aromatic carbocycles. The molecule has 0 radical (unpaired) electrons. The van der Waals surface area contributed by atoms with E-state index < -0.39 is 18.4 Å². The van der Waals surface area contributed by atoms with Crippen molar-refractivity contribution in [1.82, 2.24) is 20.4 Å². The van der Waals surface area contributed by atoms with Crippen LogP contribution in [0.25, 0.3) is 11.0 Å². The second-order valence-electron chi connectivity index (χ2n) is 6.46. The zero-order chi connectivity index (χ0) is 15.8. The van der Waals surface area contributed by atoms with Gasteiger partial charge in [-0.2, -0.15) is 0 Å². The molecule has 0 aliphatic heterocycles. The van der Waals surface area contributed by atoms with E-state index in [1.807, 2.05) is 6.20 Å². The molecule has 122 valence electrons. The van der Waals surface area contributed by atoms with Crippen molar-refractivity contribution >= 4 is 33.1 Å². The van der Waals surface area contributed by atoms with Gasteiger partial charge >= 0.3 is 138 Å². The molecule has 1 N–H and O–H groups in total. The van der Waals surface area contributed by atoms with E-state index >= 15 is 0 Å². The van der Waals surface area contributed by atoms with Gasteiger partial charge in [-0.15, -0.1) is 0 Å². The van der Waals surface area contributed by atoms with Crippen LogP contribution in [-0.2, 0) is 0 Å². The summed E-state index contributed by atoms with van der Waals surface area (Å²) in [6, 6.07) is 2.12. The van der Waals surface area contributed by atoms with Gasteiger partial charge in [0.15, 0.2) is 0 Å². The molecule has 0 fully saturated rings. The van der Waals surface area contributed by atoms with Crippen LogP contribution in [0.4, 0.5) is 0 Å². The normalized spacial score (nSPS) is 12.1. The monoisotopic (exact) mass is 410 g/mol. The van der Waals surface area contributed by atoms with Crippen molar-refractivity contribution in [3.05, 3.63) is 12.3 Å². The summed E-state index contributed by atoms with van der Waals surface area (Å²) in [5.41, 5.74) is 0.878. The number of nitrogens with one attached hydrogen (secondary N) is 1. The number of rotatable bonds is 10. The maximum absolute atomic E-state index is 4.79. The first-order chi connectivity index (χ1) is 10.8.